The summed E-state index contributed by atoms with van der Waals surface area (Å²) in [5.41, 5.74) is 6.41. The summed E-state index contributed by atoms with van der Waals surface area (Å²) in [7, 11) is -7.96. The summed E-state index contributed by atoms with van der Waals surface area (Å²) in [6.45, 7) is 10.0. The lowest BCUT2D eigenvalue weighted by atomic mass is 9.81. The lowest BCUT2D eigenvalue weighted by molar-refractivity contribution is -0.438. The number of anilines is 1. The second-order valence-corrected chi connectivity index (χ2v) is 15.4. The van der Waals surface area contributed by atoms with Gasteiger partial charge in [-0.2, -0.15) is 21.4 Å². The van der Waals surface area contributed by atoms with Gasteiger partial charge in [-0.1, -0.05) is 68.5 Å². The van der Waals surface area contributed by atoms with Gasteiger partial charge in [0.15, 0.2) is 5.71 Å². The maximum Gasteiger partial charge on any atom is 0.264 e. The number of benzene rings is 2. The fraction of sp³-hybridized carbons (Fsp3) is 0.424. The van der Waals surface area contributed by atoms with Gasteiger partial charge in [-0.25, -0.2) is 0 Å². The molecule has 0 fully saturated rings. The summed E-state index contributed by atoms with van der Waals surface area (Å²) in [6.07, 6.45) is 12.3. The topological polar surface area (TPSA) is 115 Å². The molecule has 8 nitrogen and oxygen atoms in total. The van der Waals surface area contributed by atoms with Gasteiger partial charge < -0.3 is 4.90 Å². The van der Waals surface area contributed by atoms with Gasteiger partial charge in [-0.15, -0.1) is 0 Å². The van der Waals surface area contributed by atoms with Crippen molar-refractivity contribution in [1.82, 2.24) is 0 Å². The average molecular weight is 628 g/mol. The monoisotopic (exact) mass is 627 g/mol. The summed E-state index contributed by atoms with van der Waals surface area (Å²) in [5.74, 6) is -0.488. The largest absolute Gasteiger partial charge is 0.344 e. The van der Waals surface area contributed by atoms with E-state index in [2.05, 4.69) is 73.6 Å². The fourth-order valence-electron chi connectivity index (χ4n) is 6.23. The zero-order valence-electron chi connectivity index (χ0n) is 25.4. The van der Waals surface area contributed by atoms with Gasteiger partial charge in [0, 0.05) is 47.5 Å². The molecule has 0 saturated carbocycles. The van der Waals surface area contributed by atoms with E-state index in [9.17, 15) is 16.8 Å². The van der Waals surface area contributed by atoms with E-state index in [4.69, 9.17) is 9.11 Å². The zero-order chi connectivity index (χ0) is 31.5. The number of rotatable bonds is 13. The Kier molecular flexibility index (Phi) is 9.85. The first-order valence-corrected chi connectivity index (χ1v) is 17.9. The molecule has 2 aliphatic rings. The van der Waals surface area contributed by atoms with Crippen LogP contribution in [0, 0.1) is 0 Å². The number of fused-ring (bicyclic) bond motifs is 2. The molecule has 2 N–H and O–H groups in total. The third-order valence-electron chi connectivity index (χ3n) is 8.40. The summed E-state index contributed by atoms with van der Waals surface area (Å²) >= 11 is 0. The average Bonchev–Trinajstić information content (AvgIpc) is 3.27. The van der Waals surface area contributed by atoms with Crippen LogP contribution in [0.5, 0.6) is 0 Å². The predicted molar refractivity (Wildman–Crippen MR) is 174 cm³/mol. The van der Waals surface area contributed by atoms with Crippen LogP contribution in [-0.4, -0.2) is 60.8 Å². The summed E-state index contributed by atoms with van der Waals surface area (Å²) in [5, 5.41) is 0. The molecule has 0 unspecified atom stereocenters. The zero-order valence-corrected chi connectivity index (χ0v) is 27.0. The molecule has 2 aromatic rings. The van der Waals surface area contributed by atoms with Gasteiger partial charge in [0.2, 0.25) is 5.69 Å². The Labute approximate surface area is 256 Å². The van der Waals surface area contributed by atoms with Crippen molar-refractivity contribution in [3.8, 4) is 0 Å². The molecule has 0 atom stereocenters. The smallest absolute Gasteiger partial charge is 0.264 e. The van der Waals surface area contributed by atoms with Crippen LogP contribution < -0.4 is 4.90 Å². The van der Waals surface area contributed by atoms with Gasteiger partial charge in [0.05, 0.1) is 16.9 Å². The van der Waals surface area contributed by atoms with E-state index in [1.165, 1.54) is 11.1 Å². The van der Waals surface area contributed by atoms with Crippen LogP contribution >= 0.6 is 0 Å². The lowest BCUT2D eigenvalue weighted by Gasteiger charge is -2.27. The lowest BCUT2D eigenvalue weighted by Crippen LogP contribution is -2.28. The standard InChI is InChI=1S/C33H42N2O6S2/c1-32(2)26-16-8-10-18-28(26)34(22-12-14-24-42(36,37)38)30(32)20-6-5-7-21-31-33(3,4)27-17-9-11-19-29(27)35(31)23-13-15-25-43(39,40)41/h5-11,16-21H,12-15,22-25H2,1-4H3,(H-,36,37,38,39,40,41)/p+1. The Hall–Kier alpha value is -3.05. The van der Waals surface area contributed by atoms with Crippen molar-refractivity contribution in [3.05, 3.63) is 95.7 Å². The van der Waals surface area contributed by atoms with Crippen molar-refractivity contribution < 1.29 is 30.5 Å². The van der Waals surface area contributed by atoms with E-state index in [1.807, 2.05) is 42.5 Å². The van der Waals surface area contributed by atoms with Crippen molar-refractivity contribution >= 4 is 37.3 Å². The van der Waals surface area contributed by atoms with Gasteiger partial charge >= 0.3 is 0 Å². The third kappa shape index (κ3) is 7.73. The minimum atomic E-state index is -3.98. The highest BCUT2D eigenvalue weighted by Crippen LogP contribution is 2.47. The van der Waals surface area contributed by atoms with E-state index in [-0.39, 0.29) is 22.3 Å². The maximum atomic E-state index is 11.2. The number of unbranched alkanes of at least 4 members (excludes halogenated alkanes) is 2. The molecule has 43 heavy (non-hydrogen) atoms. The van der Waals surface area contributed by atoms with Crippen molar-refractivity contribution in [1.29, 1.82) is 0 Å². The minimum Gasteiger partial charge on any atom is -0.344 e. The maximum absolute atomic E-state index is 11.2. The Morgan fingerprint density at radius 1 is 0.744 bits per heavy atom. The highest BCUT2D eigenvalue weighted by Gasteiger charge is 2.44. The molecular weight excluding hydrogens is 585 g/mol. The number of hydrogen-bond acceptors (Lipinski definition) is 5. The van der Waals surface area contributed by atoms with Gasteiger partial charge in [0.25, 0.3) is 20.2 Å². The van der Waals surface area contributed by atoms with Crippen molar-refractivity contribution in [3.63, 3.8) is 0 Å². The second kappa shape index (κ2) is 12.9. The molecule has 2 aromatic carbocycles. The first-order chi connectivity index (χ1) is 20.1. The van der Waals surface area contributed by atoms with E-state index < -0.39 is 20.2 Å². The Balaban J connectivity index is 1.56. The first-order valence-electron chi connectivity index (χ1n) is 14.7. The molecule has 4 rings (SSSR count). The Bertz CT molecular complexity index is 1680. The van der Waals surface area contributed by atoms with Gasteiger partial charge in [-0.3, -0.25) is 9.11 Å². The SMILES string of the molecule is CC1(C)C(=CC=CC=CC2=[N+](CCCCS(=O)(=O)O)c3ccccc3C2(C)C)N(CCCCS(=O)(=O)O)c2ccccc21. The Morgan fingerprint density at radius 2 is 1.35 bits per heavy atom. The molecule has 0 aliphatic carbocycles. The number of allylic oxidation sites excluding steroid dienone is 6. The molecule has 232 valence electrons. The van der Waals surface area contributed by atoms with Crippen LogP contribution in [0.25, 0.3) is 0 Å². The Morgan fingerprint density at radius 3 is 2.02 bits per heavy atom. The van der Waals surface area contributed by atoms with Crippen LogP contribution in [0.4, 0.5) is 11.4 Å². The normalized spacial score (nSPS) is 18.7. The van der Waals surface area contributed by atoms with Crippen LogP contribution in [0.1, 0.15) is 64.5 Å². The van der Waals surface area contributed by atoms with E-state index in [0.717, 1.165) is 22.8 Å². The summed E-state index contributed by atoms with van der Waals surface area (Å²) in [6, 6.07) is 16.5. The minimum absolute atomic E-state index is 0.240. The second-order valence-electron chi connectivity index (χ2n) is 12.3. The van der Waals surface area contributed by atoms with Crippen LogP contribution in [0.2, 0.25) is 0 Å². The number of hydrogen-bond donors (Lipinski definition) is 2. The van der Waals surface area contributed by atoms with Crippen LogP contribution in [0.15, 0.2) is 84.6 Å². The molecular formula is C33H43N2O6S2+. The highest BCUT2D eigenvalue weighted by molar-refractivity contribution is 7.86. The summed E-state index contributed by atoms with van der Waals surface area (Å²) in [4.78, 5) is 2.24. The molecule has 0 radical (unpaired) electrons. The molecule has 0 aromatic heterocycles. The molecule has 0 bridgehead atoms. The van der Waals surface area contributed by atoms with Crippen LogP contribution in [0.3, 0.4) is 0 Å². The molecule has 0 spiro atoms. The van der Waals surface area contributed by atoms with E-state index >= 15 is 0 Å². The molecule has 10 heteroatoms. The fourth-order valence-corrected chi connectivity index (χ4v) is 7.37. The van der Waals surface area contributed by atoms with Crippen molar-refractivity contribution in [2.75, 3.05) is 29.5 Å². The number of para-hydroxylation sites is 2. The highest BCUT2D eigenvalue weighted by atomic mass is 32.2. The predicted octanol–water partition coefficient (Wildman–Crippen LogP) is 6.19. The molecule has 0 saturated heterocycles. The van der Waals surface area contributed by atoms with E-state index in [0.29, 0.717) is 38.8 Å². The van der Waals surface area contributed by atoms with Crippen molar-refractivity contribution in [2.24, 2.45) is 0 Å². The third-order valence-corrected chi connectivity index (χ3v) is 10.0. The van der Waals surface area contributed by atoms with Gasteiger partial charge in [0.1, 0.15) is 6.54 Å². The summed E-state index contributed by atoms with van der Waals surface area (Å²) < 4.78 is 65.3. The number of nitrogens with zero attached hydrogens (tertiary/aromatic N) is 2. The molecule has 2 aliphatic heterocycles. The van der Waals surface area contributed by atoms with Crippen LogP contribution in [-0.2, 0) is 31.1 Å². The van der Waals surface area contributed by atoms with Crippen molar-refractivity contribution in [2.45, 2.75) is 64.2 Å². The quantitative estimate of drug-likeness (QED) is 0.118. The molecule has 2 heterocycles. The first kappa shape index (κ1) is 32.9. The van der Waals surface area contributed by atoms with E-state index in [1.54, 1.807) is 0 Å². The molecule has 0 amide bonds. The van der Waals surface area contributed by atoms with Gasteiger partial charge in [-0.05, 0) is 50.8 Å².